The van der Waals surface area contributed by atoms with E-state index in [1.54, 1.807) is 12.1 Å². The Bertz CT molecular complexity index is 602. The van der Waals surface area contributed by atoms with Crippen LogP contribution in [-0.2, 0) is 19.0 Å². The molecule has 0 aliphatic heterocycles. The van der Waals surface area contributed by atoms with Crippen molar-refractivity contribution < 1.29 is 17.4 Å². The Morgan fingerprint density at radius 3 is 2.44 bits per heavy atom. The summed E-state index contributed by atoms with van der Waals surface area (Å²) in [6.45, 7) is 0. The first-order valence-corrected chi connectivity index (χ1v) is 8.26. The van der Waals surface area contributed by atoms with Crippen molar-refractivity contribution in [2.45, 2.75) is 4.90 Å². The first kappa shape index (κ1) is 13.3. The van der Waals surface area contributed by atoms with Gasteiger partial charge in [-0.2, -0.15) is 8.42 Å². The molecule has 90 valence electrons. The summed E-state index contributed by atoms with van der Waals surface area (Å²) in [6.07, 6.45) is 1.20. The molecule has 0 bridgehead atoms. The normalized spacial score (nSPS) is 15.2. The van der Waals surface area contributed by atoms with Gasteiger partial charge in [0.25, 0.3) is 0 Å². The van der Waals surface area contributed by atoms with Gasteiger partial charge in [-0.25, -0.2) is 4.21 Å². The third-order valence-electron chi connectivity index (χ3n) is 1.71. The minimum Gasteiger partial charge on any atom is -0.497 e. The fraction of sp³-hybridized carbons (Fsp3) is 0.250. The maximum Gasteiger partial charge on any atom is 0.347 e. The highest BCUT2D eigenvalue weighted by molar-refractivity contribution is 8.17. The molecular weight excluding hydrogens is 274 g/mol. The molecule has 1 atom stereocenters. The van der Waals surface area contributed by atoms with Crippen molar-refractivity contribution >= 4 is 29.6 Å². The van der Waals surface area contributed by atoms with Gasteiger partial charge in [0.05, 0.1) is 21.7 Å². The number of nitrogens with zero attached hydrogens (tertiary/aromatic N) is 1. The molecule has 0 aromatic heterocycles. The minimum absolute atomic E-state index is 0.246. The van der Waals surface area contributed by atoms with Crippen LogP contribution in [0.1, 0.15) is 0 Å². The molecule has 1 rings (SSSR count). The van der Waals surface area contributed by atoms with Gasteiger partial charge in [-0.3, -0.25) is 0 Å². The summed E-state index contributed by atoms with van der Waals surface area (Å²) in [5.74, 6) is 0.467. The topological polar surface area (TPSA) is 72.8 Å². The highest BCUT2D eigenvalue weighted by atomic mass is 35.7. The Balaban J connectivity index is 3.39. The van der Waals surface area contributed by atoms with Crippen molar-refractivity contribution in [3.63, 3.8) is 0 Å². The highest BCUT2D eigenvalue weighted by Gasteiger charge is 2.12. The number of hydrogen-bond acceptors (Lipinski definition) is 4. The van der Waals surface area contributed by atoms with E-state index in [1.165, 1.54) is 25.5 Å². The van der Waals surface area contributed by atoms with E-state index < -0.39 is 19.0 Å². The quantitative estimate of drug-likeness (QED) is 0.791. The molecule has 0 heterocycles. The first-order chi connectivity index (χ1) is 7.24. The van der Waals surface area contributed by atoms with Gasteiger partial charge in [-0.15, -0.1) is 0 Å². The SMILES string of the molecule is COc1cccc([S@](C)(=O)=NS(=O)(=O)Cl)c1. The summed E-state index contributed by atoms with van der Waals surface area (Å²) >= 11 is 0. The van der Waals surface area contributed by atoms with Crippen molar-refractivity contribution in [1.29, 1.82) is 0 Å². The lowest BCUT2D eigenvalue weighted by Gasteiger charge is -2.05. The Hall–Kier alpha value is -0.790. The zero-order valence-electron chi connectivity index (χ0n) is 8.58. The second-order valence-electron chi connectivity index (χ2n) is 2.97. The lowest BCUT2D eigenvalue weighted by Crippen LogP contribution is -2.00. The van der Waals surface area contributed by atoms with E-state index in [1.807, 2.05) is 0 Å². The molecule has 0 saturated carbocycles. The first-order valence-electron chi connectivity index (χ1n) is 4.07. The standard InChI is InChI=1S/C8H10ClNO4S2/c1-14-7-4-3-5-8(6-7)15(2,11)10-16(9,12)13/h3-6H,1-2H3/t15-/m0/s1. The largest absolute Gasteiger partial charge is 0.497 e. The molecule has 1 aromatic carbocycles. The van der Waals surface area contributed by atoms with Gasteiger partial charge >= 0.3 is 9.24 Å². The van der Waals surface area contributed by atoms with Crippen LogP contribution in [-0.4, -0.2) is 26.0 Å². The molecular formula is C8H10ClNO4S2. The van der Waals surface area contributed by atoms with E-state index in [-0.39, 0.29) is 4.90 Å². The van der Waals surface area contributed by atoms with Gasteiger partial charge in [0.1, 0.15) is 5.75 Å². The summed E-state index contributed by atoms with van der Waals surface area (Å²) in [6, 6.07) is 6.19. The summed E-state index contributed by atoms with van der Waals surface area (Å²) in [5, 5.41) is 0. The van der Waals surface area contributed by atoms with E-state index in [0.717, 1.165) is 0 Å². The van der Waals surface area contributed by atoms with Crippen LogP contribution >= 0.6 is 10.7 Å². The highest BCUT2D eigenvalue weighted by Crippen LogP contribution is 2.20. The van der Waals surface area contributed by atoms with E-state index in [9.17, 15) is 12.6 Å². The molecule has 0 aliphatic rings. The monoisotopic (exact) mass is 283 g/mol. The van der Waals surface area contributed by atoms with E-state index >= 15 is 0 Å². The number of benzene rings is 1. The van der Waals surface area contributed by atoms with Crippen molar-refractivity contribution in [2.75, 3.05) is 13.4 Å². The zero-order chi connectivity index (χ0) is 12.4. The van der Waals surface area contributed by atoms with Crippen molar-refractivity contribution in [3.05, 3.63) is 24.3 Å². The third-order valence-corrected chi connectivity index (χ3v) is 5.20. The van der Waals surface area contributed by atoms with E-state index in [0.29, 0.717) is 5.75 Å². The predicted octanol–water partition coefficient (Wildman–Crippen LogP) is 1.64. The fourth-order valence-corrected chi connectivity index (χ4v) is 4.39. The molecule has 16 heavy (non-hydrogen) atoms. The number of rotatable bonds is 3. The van der Waals surface area contributed by atoms with Crippen LogP contribution < -0.4 is 4.74 Å². The van der Waals surface area contributed by atoms with Gasteiger partial charge in [0.15, 0.2) is 0 Å². The third kappa shape index (κ3) is 3.66. The Kier molecular flexibility index (Phi) is 3.82. The molecule has 0 aliphatic carbocycles. The average molecular weight is 284 g/mol. The molecule has 0 saturated heterocycles. The Morgan fingerprint density at radius 1 is 1.31 bits per heavy atom. The van der Waals surface area contributed by atoms with Gasteiger partial charge in [-0.05, 0) is 18.2 Å². The fourth-order valence-electron chi connectivity index (χ4n) is 1.05. The van der Waals surface area contributed by atoms with Gasteiger partial charge in [0, 0.05) is 16.9 Å². The second kappa shape index (κ2) is 4.60. The van der Waals surface area contributed by atoms with Crippen molar-refractivity contribution in [3.8, 4) is 5.75 Å². The predicted molar refractivity (Wildman–Crippen MR) is 62.5 cm³/mol. The summed E-state index contributed by atoms with van der Waals surface area (Å²) in [5.41, 5.74) is 0. The van der Waals surface area contributed by atoms with E-state index in [4.69, 9.17) is 15.4 Å². The van der Waals surface area contributed by atoms with Crippen molar-refractivity contribution in [2.24, 2.45) is 3.77 Å². The molecule has 0 fully saturated rings. The summed E-state index contributed by atoms with van der Waals surface area (Å²) in [4.78, 5) is 0.246. The smallest absolute Gasteiger partial charge is 0.347 e. The van der Waals surface area contributed by atoms with Gasteiger partial charge in [-0.1, -0.05) is 9.83 Å². The minimum atomic E-state index is -4.17. The Morgan fingerprint density at radius 2 is 1.94 bits per heavy atom. The van der Waals surface area contributed by atoms with Crippen LogP contribution in [0.2, 0.25) is 0 Å². The number of hydrogen-bond donors (Lipinski definition) is 0. The molecule has 0 spiro atoms. The molecule has 0 radical (unpaired) electrons. The maximum absolute atomic E-state index is 12.0. The molecule has 0 unspecified atom stereocenters. The number of halogens is 1. The van der Waals surface area contributed by atoms with Gasteiger partial charge in [0.2, 0.25) is 0 Å². The van der Waals surface area contributed by atoms with E-state index in [2.05, 4.69) is 3.77 Å². The molecule has 5 nitrogen and oxygen atoms in total. The number of methoxy groups -OCH3 is 1. The van der Waals surface area contributed by atoms with Crippen LogP contribution in [0.4, 0.5) is 0 Å². The zero-order valence-corrected chi connectivity index (χ0v) is 11.0. The summed E-state index contributed by atoms with van der Waals surface area (Å²) < 4.78 is 41.5. The Labute approximate surface area is 99.1 Å². The van der Waals surface area contributed by atoms with Crippen LogP contribution in [0.3, 0.4) is 0 Å². The summed E-state index contributed by atoms with van der Waals surface area (Å²) in [7, 11) is -0.857. The lowest BCUT2D eigenvalue weighted by atomic mass is 10.3. The molecule has 8 heteroatoms. The molecule has 0 N–H and O–H groups in total. The van der Waals surface area contributed by atoms with Crippen LogP contribution in [0.15, 0.2) is 32.9 Å². The average Bonchev–Trinajstić information content (AvgIpc) is 2.14. The van der Waals surface area contributed by atoms with Crippen LogP contribution in [0.5, 0.6) is 5.75 Å². The lowest BCUT2D eigenvalue weighted by molar-refractivity contribution is 0.413. The van der Waals surface area contributed by atoms with Gasteiger partial charge < -0.3 is 4.74 Å². The van der Waals surface area contributed by atoms with Crippen molar-refractivity contribution in [1.82, 2.24) is 0 Å². The van der Waals surface area contributed by atoms with Crippen LogP contribution in [0, 0.1) is 0 Å². The second-order valence-corrected chi connectivity index (χ2v) is 7.64. The maximum atomic E-state index is 12.0. The van der Waals surface area contributed by atoms with Crippen LogP contribution in [0.25, 0.3) is 0 Å². The molecule has 0 amide bonds. The number of ether oxygens (including phenoxy) is 1. The molecule has 1 aromatic rings.